The van der Waals surface area contributed by atoms with Crippen LogP contribution < -0.4 is 5.32 Å². The standard InChI is InChI=1S/C9H16N2S2/c1-7(2)10-4-8-5-11-9(13-8)6-12-3/h5,7,10H,4,6H2,1-3H3. The molecule has 0 saturated heterocycles. The number of nitrogens with one attached hydrogen (secondary N) is 1. The van der Waals surface area contributed by atoms with Crippen molar-refractivity contribution in [1.82, 2.24) is 10.3 Å². The Kier molecular flexibility index (Phi) is 4.77. The zero-order valence-electron chi connectivity index (χ0n) is 8.33. The maximum atomic E-state index is 4.34. The van der Waals surface area contributed by atoms with E-state index < -0.39 is 0 Å². The largest absolute Gasteiger partial charge is 0.310 e. The van der Waals surface area contributed by atoms with Gasteiger partial charge in [0, 0.05) is 29.4 Å². The Balaban J connectivity index is 2.39. The molecule has 0 aromatic carbocycles. The lowest BCUT2D eigenvalue weighted by Crippen LogP contribution is -2.21. The monoisotopic (exact) mass is 216 g/mol. The molecule has 0 aliphatic carbocycles. The van der Waals surface area contributed by atoms with Crippen molar-refractivity contribution in [2.75, 3.05) is 6.26 Å². The molecule has 0 aliphatic rings. The molecule has 0 atom stereocenters. The van der Waals surface area contributed by atoms with Crippen molar-refractivity contribution in [1.29, 1.82) is 0 Å². The smallest absolute Gasteiger partial charge is 0.103 e. The van der Waals surface area contributed by atoms with E-state index in [-0.39, 0.29) is 0 Å². The van der Waals surface area contributed by atoms with Gasteiger partial charge in [-0.3, -0.25) is 0 Å². The lowest BCUT2D eigenvalue weighted by Gasteiger charge is -2.04. The van der Waals surface area contributed by atoms with Gasteiger partial charge in [-0.15, -0.1) is 11.3 Å². The van der Waals surface area contributed by atoms with Gasteiger partial charge < -0.3 is 5.32 Å². The first kappa shape index (κ1) is 11.0. The van der Waals surface area contributed by atoms with Crippen LogP contribution in [-0.4, -0.2) is 17.3 Å². The summed E-state index contributed by atoms with van der Waals surface area (Å²) >= 11 is 3.62. The number of rotatable bonds is 5. The van der Waals surface area contributed by atoms with Gasteiger partial charge in [0.1, 0.15) is 5.01 Å². The third kappa shape index (κ3) is 4.11. The second kappa shape index (κ2) is 5.62. The summed E-state index contributed by atoms with van der Waals surface area (Å²) in [7, 11) is 0. The number of aromatic nitrogens is 1. The zero-order valence-corrected chi connectivity index (χ0v) is 9.97. The molecule has 1 aromatic rings. The van der Waals surface area contributed by atoms with Crippen molar-refractivity contribution in [2.24, 2.45) is 0 Å². The summed E-state index contributed by atoms with van der Waals surface area (Å²) in [5.41, 5.74) is 0. The molecule has 0 radical (unpaired) electrons. The molecule has 1 N–H and O–H groups in total. The van der Waals surface area contributed by atoms with Gasteiger partial charge in [-0.2, -0.15) is 11.8 Å². The van der Waals surface area contributed by atoms with Gasteiger partial charge in [0.05, 0.1) is 0 Å². The SMILES string of the molecule is CSCc1ncc(CNC(C)C)s1. The highest BCUT2D eigenvalue weighted by Crippen LogP contribution is 2.16. The van der Waals surface area contributed by atoms with Crippen molar-refractivity contribution in [3.8, 4) is 0 Å². The molecular weight excluding hydrogens is 200 g/mol. The molecule has 1 rings (SSSR count). The van der Waals surface area contributed by atoms with E-state index in [9.17, 15) is 0 Å². The van der Waals surface area contributed by atoms with Crippen LogP contribution in [-0.2, 0) is 12.3 Å². The van der Waals surface area contributed by atoms with E-state index >= 15 is 0 Å². The minimum absolute atomic E-state index is 0.547. The topological polar surface area (TPSA) is 24.9 Å². The summed E-state index contributed by atoms with van der Waals surface area (Å²) in [5, 5.41) is 4.61. The minimum Gasteiger partial charge on any atom is -0.310 e. The first-order chi connectivity index (χ1) is 6.22. The summed E-state index contributed by atoms with van der Waals surface area (Å²) in [4.78, 5) is 5.67. The summed E-state index contributed by atoms with van der Waals surface area (Å²) in [5.74, 6) is 1.03. The van der Waals surface area contributed by atoms with Crippen LogP contribution in [0.15, 0.2) is 6.20 Å². The maximum absolute atomic E-state index is 4.34. The molecule has 0 saturated carbocycles. The van der Waals surface area contributed by atoms with Crippen molar-refractivity contribution in [3.63, 3.8) is 0 Å². The van der Waals surface area contributed by atoms with Crippen molar-refractivity contribution in [3.05, 3.63) is 16.1 Å². The Hall–Kier alpha value is -0.0600. The molecule has 1 heterocycles. The van der Waals surface area contributed by atoms with Gasteiger partial charge >= 0.3 is 0 Å². The molecule has 1 aromatic heterocycles. The molecule has 0 bridgehead atoms. The van der Waals surface area contributed by atoms with Crippen molar-refractivity contribution >= 4 is 23.1 Å². The van der Waals surface area contributed by atoms with E-state index in [4.69, 9.17) is 0 Å². The van der Waals surface area contributed by atoms with E-state index in [1.807, 2.05) is 18.0 Å². The maximum Gasteiger partial charge on any atom is 0.103 e. The molecule has 13 heavy (non-hydrogen) atoms. The van der Waals surface area contributed by atoms with Crippen molar-refractivity contribution in [2.45, 2.75) is 32.2 Å². The third-order valence-corrected chi connectivity index (χ3v) is 3.30. The highest BCUT2D eigenvalue weighted by atomic mass is 32.2. The van der Waals surface area contributed by atoms with Gasteiger partial charge in [-0.05, 0) is 6.26 Å². The zero-order chi connectivity index (χ0) is 9.68. The Morgan fingerprint density at radius 2 is 2.38 bits per heavy atom. The summed E-state index contributed by atoms with van der Waals surface area (Å²) in [6, 6.07) is 0.547. The summed E-state index contributed by atoms with van der Waals surface area (Å²) in [6.45, 7) is 5.26. The Morgan fingerprint density at radius 3 is 3.00 bits per heavy atom. The van der Waals surface area contributed by atoms with Crippen LogP contribution in [0.3, 0.4) is 0 Å². The third-order valence-electron chi connectivity index (χ3n) is 1.55. The minimum atomic E-state index is 0.547. The number of thiazole rings is 1. The van der Waals surface area contributed by atoms with E-state index in [0.717, 1.165) is 12.3 Å². The lowest BCUT2D eigenvalue weighted by molar-refractivity contribution is 0.593. The second-order valence-electron chi connectivity index (χ2n) is 3.19. The molecule has 74 valence electrons. The van der Waals surface area contributed by atoms with Crippen LogP contribution in [0.5, 0.6) is 0 Å². The van der Waals surface area contributed by atoms with E-state index in [1.54, 1.807) is 11.3 Å². The second-order valence-corrected chi connectivity index (χ2v) is 5.25. The molecule has 0 amide bonds. The molecule has 4 heteroatoms. The number of thioether (sulfide) groups is 1. The van der Waals surface area contributed by atoms with E-state index in [0.29, 0.717) is 6.04 Å². The average molecular weight is 216 g/mol. The van der Waals surface area contributed by atoms with Gasteiger partial charge in [0.2, 0.25) is 0 Å². The highest BCUT2D eigenvalue weighted by molar-refractivity contribution is 7.97. The molecule has 0 unspecified atom stereocenters. The van der Waals surface area contributed by atoms with Crippen LogP contribution in [0, 0.1) is 0 Å². The summed E-state index contributed by atoms with van der Waals surface area (Å²) < 4.78 is 0. The number of hydrogen-bond acceptors (Lipinski definition) is 4. The molecule has 2 nitrogen and oxygen atoms in total. The quantitative estimate of drug-likeness (QED) is 0.818. The first-order valence-corrected chi connectivity index (χ1v) is 6.59. The average Bonchev–Trinajstić information content (AvgIpc) is 2.50. The summed E-state index contributed by atoms with van der Waals surface area (Å²) in [6.07, 6.45) is 4.08. The normalized spacial score (nSPS) is 11.1. The van der Waals surface area contributed by atoms with Crippen molar-refractivity contribution < 1.29 is 0 Å². The Bertz CT molecular complexity index is 246. The predicted octanol–water partition coefficient (Wildman–Crippen LogP) is 2.50. The van der Waals surface area contributed by atoms with Crippen LogP contribution in [0.1, 0.15) is 23.7 Å². The molecule has 0 aliphatic heterocycles. The van der Waals surface area contributed by atoms with Gasteiger partial charge in [0.25, 0.3) is 0 Å². The van der Waals surface area contributed by atoms with Crippen LogP contribution in [0.4, 0.5) is 0 Å². The molecule has 0 fully saturated rings. The van der Waals surface area contributed by atoms with Gasteiger partial charge in [-0.25, -0.2) is 4.98 Å². The van der Waals surface area contributed by atoms with Gasteiger partial charge in [-0.1, -0.05) is 13.8 Å². The highest BCUT2D eigenvalue weighted by Gasteiger charge is 2.01. The Morgan fingerprint density at radius 1 is 1.62 bits per heavy atom. The lowest BCUT2D eigenvalue weighted by atomic mass is 10.4. The van der Waals surface area contributed by atoms with Gasteiger partial charge in [0.15, 0.2) is 0 Å². The molecule has 0 spiro atoms. The van der Waals surface area contributed by atoms with Crippen LogP contribution >= 0.6 is 23.1 Å². The van der Waals surface area contributed by atoms with E-state index in [1.165, 1.54) is 9.88 Å². The fourth-order valence-electron chi connectivity index (χ4n) is 0.925. The number of hydrogen-bond donors (Lipinski definition) is 1. The Labute approximate surface area is 88.2 Å². The van der Waals surface area contributed by atoms with E-state index in [2.05, 4.69) is 30.4 Å². The fraction of sp³-hybridized carbons (Fsp3) is 0.667. The molecular formula is C9H16N2S2. The number of nitrogens with zero attached hydrogens (tertiary/aromatic N) is 1. The predicted molar refractivity (Wildman–Crippen MR) is 61.3 cm³/mol. The van der Waals surface area contributed by atoms with Crippen LogP contribution in [0.25, 0.3) is 0 Å². The van der Waals surface area contributed by atoms with Crippen LogP contribution in [0.2, 0.25) is 0 Å². The fourth-order valence-corrected chi connectivity index (χ4v) is 2.50. The first-order valence-electron chi connectivity index (χ1n) is 4.38.